The maximum atomic E-state index is 11.0. The van der Waals surface area contributed by atoms with E-state index in [9.17, 15) is 9.59 Å². The van der Waals surface area contributed by atoms with E-state index in [4.69, 9.17) is 20.8 Å². The summed E-state index contributed by atoms with van der Waals surface area (Å²) in [5.74, 6) is 3.45. The van der Waals surface area contributed by atoms with E-state index in [1.54, 1.807) is 27.4 Å². The van der Waals surface area contributed by atoms with Gasteiger partial charge in [0.15, 0.2) is 0 Å². The fraction of sp³-hybridized carbons (Fsp3) is 0.270. The van der Waals surface area contributed by atoms with Gasteiger partial charge in [-0.1, -0.05) is 165 Å². The van der Waals surface area contributed by atoms with E-state index < -0.39 is 0 Å². The average molecular weight is 1240 g/mol. The van der Waals surface area contributed by atoms with Crippen LogP contribution in [0, 0.1) is 6.58 Å². The summed E-state index contributed by atoms with van der Waals surface area (Å²) in [5, 5.41) is 4.05. The summed E-state index contributed by atoms with van der Waals surface area (Å²) in [6.45, 7) is 13.1. The second-order valence-corrected chi connectivity index (χ2v) is 18.2. The molecule has 0 spiro atoms. The largest absolute Gasteiger partial charge is 2.00 e. The normalized spacial score (nSPS) is 13.8. The molecule has 9 rings (SSSR count). The van der Waals surface area contributed by atoms with Crippen molar-refractivity contribution in [2.24, 2.45) is 0 Å². The number of ketones is 2. The molecule has 2 saturated heterocycles. The molecule has 396 valence electrons. The van der Waals surface area contributed by atoms with Crippen molar-refractivity contribution in [3.8, 4) is 17.2 Å². The molecule has 76 heavy (non-hydrogen) atoms. The molecule has 3 aliphatic rings. The molecule has 0 bridgehead atoms. The van der Waals surface area contributed by atoms with E-state index in [1.807, 2.05) is 96.0 Å². The minimum Gasteiger partial charge on any atom is -1.00 e. The summed E-state index contributed by atoms with van der Waals surface area (Å²) >= 11 is 6.57. The number of rotatable bonds is 12. The number of alkyl halides is 1. The molecular weight excluding hydrogens is 1170 g/mol. The van der Waals surface area contributed by atoms with Gasteiger partial charge in [-0.05, 0) is 87.3 Å². The smallest absolute Gasteiger partial charge is 1.00 e. The number of nitrogens with one attached hydrogen (secondary N) is 1. The van der Waals surface area contributed by atoms with Crippen molar-refractivity contribution in [1.29, 1.82) is 0 Å². The zero-order valence-corrected chi connectivity index (χ0v) is 52.1. The number of halogens is 3. The molecule has 0 radical (unpaired) electrons. The molecule has 1 N–H and O–H groups in total. The first-order chi connectivity index (χ1) is 35.7. The summed E-state index contributed by atoms with van der Waals surface area (Å²) in [5.41, 5.74) is 8.83. The van der Waals surface area contributed by atoms with Crippen LogP contribution in [0.25, 0.3) is 18.2 Å². The number of carbonyl (C=O) groups excluding carboxylic acids is 2. The van der Waals surface area contributed by atoms with Crippen molar-refractivity contribution in [2.75, 3.05) is 60.6 Å². The van der Waals surface area contributed by atoms with Crippen molar-refractivity contribution in [2.45, 2.75) is 50.5 Å². The number of benzene rings is 6. The Morgan fingerprint density at radius 3 is 1.28 bits per heavy atom. The minimum absolute atomic E-state index is 0. The fourth-order valence-electron chi connectivity index (χ4n) is 7.36. The second-order valence-electron chi connectivity index (χ2n) is 17.1. The van der Waals surface area contributed by atoms with Gasteiger partial charge in [0.25, 0.3) is 0 Å². The van der Waals surface area contributed by atoms with Crippen LogP contribution in [-0.4, -0.2) is 128 Å². The zero-order chi connectivity index (χ0) is 52.1. The van der Waals surface area contributed by atoms with E-state index in [0.717, 1.165) is 118 Å². The first kappa shape index (κ1) is 69.9. The second kappa shape index (κ2) is 43.8. The summed E-state index contributed by atoms with van der Waals surface area (Å²) in [6, 6.07) is 55.0. The Bertz CT molecular complexity index is 2530. The monoisotopic (exact) mass is 1240 g/mol. The number of carbonyl (C=O) groups is 2. The Labute approximate surface area is 516 Å². The molecule has 6 aromatic rings. The predicted octanol–water partition coefficient (Wildman–Crippen LogP) is 10.6. The van der Waals surface area contributed by atoms with Crippen LogP contribution in [0.15, 0.2) is 187 Å². The van der Waals surface area contributed by atoms with Crippen LogP contribution >= 0.6 is 31.9 Å². The molecule has 2 fully saturated rings. The van der Waals surface area contributed by atoms with Crippen LogP contribution in [0.5, 0.6) is 17.2 Å². The fourth-order valence-corrected chi connectivity index (χ4v) is 8.04. The molecule has 0 aromatic heterocycles. The van der Waals surface area contributed by atoms with Gasteiger partial charge in [-0.25, -0.2) is 6.08 Å². The zero-order valence-electron chi connectivity index (χ0n) is 46.5. The maximum absolute atomic E-state index is 11.0. The van der Waals surface area contributed by atoms with Gasteiger partial charge in [0.05, 0.1) is 21.3 Å². The van der Waals surface area contributed by atoms with Gasteiger partial charge >= 0.3 is 46.1 Å². The third-order valence-corrected chi connectivity index (χ3v) is 12.6. The predicted molar refractivity (Wildman–Crippen MR) is 325 cm³/mol. The average Bonchev–Trinajstić information content (AvgIpc) is 3.46. The quantitative estimate of drug-likeness (QED) is 0.0738. The number of methoxy groups -OCH3 is 3. The summed E-state index contributed by atoms with van der Waals surface area (Å²) in [6.07, 6.45) is 14.3. The Balaban J connectivity index is 0. The van der Waals surface area contributed by atoms with E-state index in [2.05, 4.69) is 144 Å². The van der Waals surface area contributed by atoms with Gasteiger partial charge < -0.3 is 39.4 Å². The molecule has 3 heterocycles. The summed E-state index contributed by atoms with van der Waals surface area (Å²) in [4.78, 5) is 28.1. The number of ether oxygens (including phenoxy) is 3. The number of hydrogen-bond donors (Lipinski definition) is 1. The topological polar surface area (TPSA) is 80.3 Å². The van der Waals surface area contributed by atoms with Crippen molar-refractivity contribution < 1.29 is 43.6 Å². The first-order valence-corrected chi connectivity index (χ1v) is 26.7. The third-order valence-electron chi connectivity index (χ3n) is 11.7. The van der Waals surface area contributed by atoms with E-state index in [0.29, 0.717) is 11.6 Å². The molecule has 13 heteroatoms. The van der Waals surface area contributed by atoms with E-state index >= 15 is 0 Å². The summed E-state index contributed by atoms with van der Waals surface area (Å²) in [7, 11) is 5.00. The first-order valence-electron chi connectivity index (χ1n) is 24.7. The third kappa shape index (κ3) is 30.7. The van der Waals surface area contributed by atoms with Gasteiger partial charge in [-0.2, -0.15) is 5.56 Å². The van der Waals surface area contributed by atoms with Crippen LogP contribution in [-0.2, 0) is 28.0 Å². The molecule has 8 nitrogen and oxygen atoms in total. The van der Waals surface area contributed by atoms with Gasteiger partial charge in [0, 0.05) is 83.4 Å². The number of hydrogen-bond acceptors (Lipinski definition) is 8. The van der Waals surface area contributed by atoms with Crippen LogP contribution in [0.3, 0.4) is 0 Å². The molecule has 6 aromatic carbocycles. The van der Waals surface area contributed by atoms with Crippen molar-refractivity contribution in [3.05, 3.63) is 226 Å². The van der Waals surface area contributed by atoms with Gasteiger partial charge in [-0.3, -0.25) is 26.0 Å². The number of allylic oxidation sites excluding steroid dienone is 1. The maximum Gasteiger partial charge on any atom is 2.00 e. The van der Waals surface area contributed by atoms with Gasteiger partial charge in [0.1, 0.15) is 28.8 Å². The van der Waals surface area contributed by atoms with Gasteiger partial charge in [-0.15, -0.1) is 12.1 Å². The molecule has 0 saturated carbocycles. The molecule has 0 unspecified atom stereocenters. The summed E-state index contributed by atoms with van der Waals surface area (Å²) < 4.78 is 15.2. The Hall–Kier alpha value is -4.13. The van der Waals surface area contributed by atoms with Crippen molar-refractivity contribution in [1.82, 2.24) is 15.1 Å². The number of Topliss-reactive ketones (excluding diaryl/α,β-unsaturated/α-hetero) is 2. The molecule has 3 aliphatic heterocycles. The van der Waals surface area contributed by atoms with Crippen LogP contribution < -0.4 is 36.5 Å². The Morgan fingerprint density at radius 2 is 0.921 bits per heavy atom. The van der Waals surface area contributed by atoms with Crippen LogP contribution in [0.4, 0.5) is 0 Å². The van der Waals surface area contributed by atoms with E-state index in [-0.39, 0.29) is 65.9 Å². The Morgan fingerprint density at radius 1 is 0.526 bits per heavy atom. The van der Waals surface area contributed by atoms with Crippen molar-refractivity contribution in [3.63, 3.8) is 0 Å². The molecule has 0 atom stereocenters. The molecule has 0 aliphatic carbocycles. The SMILES string of the molecule is BrCc1ccccc1.COc1ccc(/C=C/Br)cc1.COc1ccc(/C=C/C2=CCN(Cc3ccccc3)CC2)cc1.O=C1CCN(Cc2ccccc2)CC1.O=C1CCNCC1.[Br-].[CH-]=Cc1ccc(OC)cc1.[H-].[H-].[Mg+2].[Mg+2]. The molecule has 0 amide bonds. The number of likely N-dealkylation sites (tertiary alicyclic amines) is 1. The number of piperidine rings is 2. The number of nitrogens with zero attached hydrogens (tertiary/aromatic N) is 2. The van der Waals surface area contributed by atoms with Crippen molar-refractivity contribution >= 4 is 108 Å². The van der Waals surface area contributed by atoms with Gasteiger partial charge in [0.2, 0.25) is 0 Å². The Kier molecular flexibility index (Phi) is 40.3. The van der Waals surface area contributed by atoms with Crippen LogP contribution in [0.1, 0.15) is 68.3 Å². The van der Waals surface area contributed by atoms with E-state index in [1.165, 1.54) is 27.8 Å². The molecular formula is C63H74Br3Mg2N3O5. The van der Waals surface area contributed by atoms with Crippen LogP contribution in [0.2, 0.25) is 0 Å². The standard InChI is InChI=1S/C21H23NO.C12H15NO.C9H9BrO.C9H9O.C7H7Br.C5H9NO.BrH.2Mg.2H/c1-23-21-11-9-18(10-12-21)7-8-19-13-15-22(16-14-19)17-20-5-3-2-4-6-20;14-12-6-8-13(9-7-12)10-11-4-2-1-3-5-11;1-11-9-4-2-8(3-5-9)6-7-10;1-3-8-4-6-9(10-2)7-5-8;8-6-7-4-2-1-3-5-7;7-5-1-3-6-4-2-5;;;;;/h2-13H,14-17H2,1H3;1-5H,6-10H2;2-7H,1H3;1,3-7H,2H3;1-5H,6H2;6H,1-4H2;1H;;;;/q;;;-1;;;;2*+2;2*-1/p-1/b8-7+;;7-6+;;;;;;;;. The minimum atomic E-state index is 0.